The van der Waals surface area contributed by atoms with Crippen LogP contribution in [-0.2, 0) is 6.54 Å². The van der Waals surface area contributed by atoms with Gasteiger partial charge in [0.2, 0.25) is 0 Å². The highest BCUT2D eigenvalue weighted by Gasteiger charge is 2.19. The monoisotopic (exact) mass is 407 g/mol. The summed E-state index contributed by atoms with van der Waals surface area (Å²) in [4.78, 5) is 23.6. The van der Waals surface area contributed by atoms with Crippen molar-refractivity contribution in [3.8, 4) is 5.69 Å². The van der Waals surface area contributed by atoms with E-state index in [1.54, 1.807) is 30.5 Å². The number of aromatic nitrogens is 4. The second kappa shape index (κ2) is 7.51. The Kier molecular flexibility index (Phi) is 4.86. The van der Waals surface area contributed by atoms with Gasteiger partial charge >= 0.3 is 0 Å². The zero-order chi connectivity index (χ0) is 21.4. The molecule has 4 rings (SSSR count). The average molecular weight is 407 g/mol. The fraction of sp³-hybridized carbons (Fsp3) is 0.190. The number of nitro benzene ring substituents is 1. The fourth-order valence-corrected chi connectivity index (χ4v) is 3.30. The first-order chi connectivity index (χ1) is 14.3. The Hall–Kier alpha value is -3.88. The number of benzene rings is 2. The van der Waals surface area contributed by atoms with Crippen LogP contribution in [0.2, 0.25) is 0 Å². The molecule has 0 amide bonds. The molecule has 0 saturated heterocycles. The number of halogens is 1. The molecule has 0 fully saturated rings. The molecular formula is C21H18FN5O3. The quantitative estimate of drug-likeness (QED) is 0.370. The lowest BCUT2D eigenvalue weighted by atomic mass is 10.1. The number of hydrogen-bond acceptors (Lipinski definition) is 5. The maximum atomic E-state index is 13.3. The summed E-state index contributed by atoms with van der Waals surface area (Å²) in [5.74, 6) is -0.350. The van der Waals surface area contributed by atoms with Crippen LogP contribution in [0.25, 0.3) is 16.6 Å². The molecule has 0 atom stereocenters. The lowest BCUT2D eigenvalue weighted by Crippen LogP contribution is -2.27. The predicted molar refractivity (Wildman–Crippen MR) is 109 cm³/mol. The normalized spacial score (nSPS) is 11.3. The van der Waals surface area contributed by atoms with E-state index in [9.17, 15) is 19.3 Å². The maximum absolute atomic E-state index is 13.3. The Balaban J connectivity index is 1.86. The Labute approximate surface area is 170 Å². The minimum Gasteiger partial charge on any atom is -0.265 e. The van der Waals surface area contributed by atoms with Crippen molar-refractivity contribution in [2.75, 3.05) is 0 Å². The number of fused-ring (bicyclic) bond motifs is 1. The van der Waals surface area contributed by atoms with Crippen molar-refractivity contribution in [1.29, 1.82) is 0 Å². The Bertz CT molecular complexity index is 1290. The Morgan fingerprint density at radius 3 is 2.37 bits per heavy atom. The van der Waals surface area contributed by atoms with Gasteiger partial charge in [0, 0.05) is 17.5 Å². The summed E-state index contributed by atoms with van der Waals surface area (Å²) in [6.45, 7) is 4.09. The third kappa shape index (κ3) is 3.45. The topological polar surface area (TPSA) is 95.8 Å². The zero-order valence-electron chi connectivity index (χ0n) is 16.3. The lowest BCUT2D eigenvalue weighted by molar-refractivity contribution is -0.384. The molecule has 0 aliphatic heterocycles. The molecule has 8 nitrogen and oxygen atoms in total. The van der Waals surface area contributed by atoms with Crippen molar-refractivity contribution in [1.82, 2.24) is 19.6 Å². The van der Waals surface area contributed by atoms with Gasteiger partial charge in [-0.05, 0) is 35.7 Å². The minimum absolute atomic E-state index is 0.0215. The van der Waals surface area contributed by atoms with Gasteiger partial charge in [0.1, 0.15) is 11.3 Å². The summed E-state index contributed by atoms with van der Waals surface area (Å²) in [5, 5.41) is 20.4. The van der Waals surface area contributed by atoms with E-state index in [-0.39, 0.29) is 29.5 Å². The molecule has 0 N–H and O–H groups in total. The summed E-state index contributed by atoms with van der Waals surface area (Å²) >= 11 is 0. The maximum Gasteiger partial charge on any atom is 0.293 e. The van der Waals surface area contributed by atoms with Crippen LogP contribution in [0.15, 0.2) is 59.5 Å². The van der Waals surface area contributed by atoms with Gasteiger partial charge in [0.25, 0.3) is 11.2 Å². The van der Waals surface area contributed by atoms with Crippen molar-refractivity contribution in [3.63, 3.8) is 0 Å². The molecule has 2 aromatic heterocycles. The van der Waals surface area contributed by atoms with Crippen molar-refractivity contribution in [3.05, 3.63) is 92.3 Å². The van der Waals surface area contributed by atoms with Crippen LogP contribution < -0.4 is 5.56 Å². The van der Waals surface area contributed by atoms with Gasteiger partial charge in [-0.25, -0.2) is 13.8 Å². The van der Waals surface area contributed by atoms with Crippen LogP contribution in [0.3, 0.4) is 0 Å². The first-order valence-corrected chi connectivity index (χ1v) is 9.33. The minimum atomic E-state index is -0.474. The Morgan fingerprint density at radius 2 is 1.77 bits per heavy atom. The van der Waals surface area contributed by atoms with Gasteiger partial charge in [-0.1, -0.05) is 26.0 Å². The summed E-state index contributed by atoms with van der Waals surface area (Å²) in [6.07, 6.45) is 1.60. The molecular weight excluding hydrogens is 389 g/mol. The van der Waals surface area contributed by atoms with Gasteiger partial charge in [0.15, 0.2) is 0 Å². The molecule has 0 radical (unpaired) electrons. The third-order valence-electron chi connectivity index (χ3n) is 4.81. The molecule has 0 spiro atoms. The van der Waals surface area contributed by atoms with E-state index in [4.69, 9.17) is 0 Å². The van der Waals surface area contributed by atoms with Gasteiger partial charge in [-0.3, -0.25) is 14.9 Å². The number of non-ortho nitro benzene ring substituents is 1. The Morgan fingerprint density at radius 1 is 1.10 bits per heavy atom. The number of hydrogen-bond donors (Lipinski definition) is 0. The molecule has 0 aliphatic rings. The third-order valence-corrected chi connectivity index (χ3v) is 4.81. The van der Waals surface area contributed by atoms with Gasteiger partial charge < -0.3 is 0 Å². The molecule has 0 saturated carbocycles. The first-order valence-electron chi connectivity index (χ1n) is 9.33. The summed E-state index contributed by atoms with van der Waals surface area (Å²) in [6, 6.07) is 11.7. The largest absolute Gasteiger partial charge is 0.293 e. The molecule has 0 aliphatic carbocycles. The number of nitro groups is 1. The van der Waals surface area contributed by atoms with Crippen LogP contribution in [0.4, 0.5) is 10.1 Å². The van der Waals surface area contributed by atoms with Crippen molar-refractivity contribution >= 4 is 16.6 Å². The predicted octanol–water partition coefficient (Wildman–Crippen LogP) is 3.80. The number of rotatable bonds is 5. The number of nitrogens with zero attached hydrogens (tertiary/aromatic N) is 5. The highest BCUT2D eigenvalue weighted by Crippen LogP contribution is 2.23. The van der Waals surface area contributed by atoms with E-state index in [1.807, 2.05) is 13.8 Å². The molecule has 2 aromatic carbocycles. The van der Waals surface area contributed by atoms with E-state index in [0.717, 1.165) is 0 Å². The summed E-state index contributed by atoms with van der Waals surface area (Å²) in [7, 11) is 0. The van der Waals surface area contributed by atoms with Crippen molar-refractivity contribution in [2.45, 2.75) is 26.3 Å². The van der Waals surface area contributed by atoms with Crippen molar-refractivity contribution < 1.29 is 9.31 Å². The van der Waals surface area contributed by atoms with E-state index in [1.165, 1.54) is 33.6 Å². The van der Waals surface area contributed by atoms with Crippen LogP contribution in [0.5, 0.6) is 0 Å². The molecule has 0 unspecified atom stereocenters. The van der Waals surface area contributed by atoms with Crippen LogP contribution in [0, 0.1) is 15.9 Å². The van der Waals surface area contributed by atoms with Crippen LogP contribution >= 0.6 is 0 Å². The summed E-state index contributed by atoms with van der Waals surface area (Å²) < 4.78 is 16.1. The van der Waals surface area contributed by atoms with Gasteiger partial charge in [-0.15, -0.1) is 0 Å². The molecule has 30 heavy (non-hydrogen) atoms. The molecule has 9 heteroatoms. The van der Waals surface area contributed by atoms with E-state index >= 15 is 0 Å². The SMILES string of the molecule is CC(C)c1nn(Cc2ccc([N+](=O)[O-])cc2)c(=O)c2c1cnn2-c1ccc(F)cc1. The molecule has 4 aromatic rings. The average Bonchev–Trinajstić information content (AvgIpc) is 3.16. The second-order valence-corrected chi connectivity index (χ2v) is 7.22. The highest BCUT2D eigenvalue weighted by molar-refractivity contribution is 5.82. The summed E-state index contributed by atoms with van der Waals surface area (Å²) in [5.41, 5.74) is 1.95. The van der Waals surface area contributed by atoms with E-state index in [0.29, 0.717) is 27.8 Å². The highest BCUT2D eigenvalue weighted by atomic mass is 19.1. The van der Waals surface area contributed by atoms with Gasteiger partial charge in [-0.2, -0.15) is 10.2 Å². The van der Waals surface area contributed by atoms with E-state index < -0.39 is 4.92 Å². The lowest BCUT2D eigenvalue weighted by Gasteiger charge is -2.12. The standard InChI is InChI=1S/C21H18FN5O3/c1-13(2)19-18-11-23-26(16-9-5-15(22)6-10-16)20(18)21(28)25(24-19)12-14-3-7-17(8-4-14)27(29)30/h3-11,13H,12H2,1-2H3. The van der Waals surface area contributed by atoms with Crippen LogP contribution in [0.1, 0.15) is 31.0 Å². The fourth-order valence-electron chi connectivity index (χ4n) is 3.30. The zero-order valence-corrected chi connectivity index (χ0v) is 16.3. The van der Waals surface area contributed by atoms with E-state index in [2.05, 4.69) is 10.2 Å². The smallest absolute Gasteiger partial charge is 0.265 e. The molecule has 2 heterocycles. The first kappa shape index (κ1) is 19.4. The molecule has 0 bridgehead atoms. The van der Waals surface area contributed by atoms with Crippen molar-refractivity contribution in [2.24, 2.45) is 0 Å². The van der Waals surface area contributed by atoms with Crippen LogP contribution in [-0.4, -0.2) is 24.5 Å². The second-order valence-electron chi connectivity index (χ2n) is 7.22. The molecule has 152 valence electrons. The van der Waals surface area contributed by atoms with Gasteiger partial charge in [0.05, 0.1) is 29.0 Å².